The van der Waals surface area contributed by atoms with Crippen molar-refractivity contribution in [2.75, 3.05) is 19.7 Å². The van der Waals surface area contributed by atoms with E-state index < -0.39 is 0 Å². The van der Waals surface area contributed by atoms with Gasteiger partial charge in [0, 0.05) is 19.1 Å². The largest absolute Gasteiger partial charge is 0.484 e. The fourth-order valence-corrected chi connectivity index (χ4v) is 2.87. The van der Waals surface area contributed by atoms with E-state index in [1.807, 2.05) is 30.0 Å². The number of hydrogen-bond donors (Lipinski definition) is 1. The van der Waals surface area contributed by atoms with Crippen molar-refractivity contribution in [3.8, 4) is 5.75 Å². The predicted octanol–water partition coefficient (Wildman–Crippen LogP) is 2.77. The van der Waals surface area contributed by atoms with Crippen LogP contribution in [-0.2, 0) is 4.79 Å². The van der Waals surface area contributed by atoms with Crippen LogP contribution in [-0.4, -0.2) is 36.5 Å². The summed E-state index contributed by atoms with van der Waals surface area (Å²) >= 11 is 0. The summed E-state index contributed by atoms with van der Waals surface area (Å²) in [6, 6.07) is 8.11. The number of carbonyl (C=O) groups excluding carboxylic acids is 1. The maximum atomic E-state index is 12.3. The molecule has 2 rings (SSSR count). The Morgan fingerprint density at radius 2 is 2.18 bits per heavy atom. The Bertz CT molecular complexity index is 500. The van der Waals surface area contributed by atoms with Gasteiger partial charge in [-0.05, 0) is 49.3 Å². The van der Waals surface area contributed by atoms with Gasteiger partial charge in [-0.2, -0.15) is 0 Å². The fraction of sp³-hybridized carbons (Fsp3) is 0.611. The number of benzene rings is 1. The van der Waals surface area contributed by atoms with Crippen LogP contribution in [0.4, 0.5) is 0 Å². The first-order chi connectivity index (χ1) is 10.5. The molecule has 0 bridgehead atoms. The Morgan fingerprint density at radius 1 is 1.41 bits per heavy atom. The van der Waals surface area contributed by atoms with Gasteiger partial charge < -0.3 is 15.4 Å². The van der Waals surface area contributed by atoms with Crippen molar-refractivity contribution in [2.45, 2.75) is 45.6 Å². The van der Waals surface area contributed by atoms with E-state index in [9.17, 15) is 4.79 Å². The minimum atomic E-state index is 0.0558. The van der Waals surface area contributed by atoms with Crippen molar-refractivity contribution in [2.24, 2.45) is 11.7 Å². The average Bonchev–Trinajstić information content (AvgIpc) is 2.53. The molecule has 1 aromatic rings. The number of ether oxygens (including phenoxy) is 1. The molecule has 2 N–H and O–H groups in total. The van der Waals surface area contributed by atoms with E-state index in [1.54, 1.807) is 0 Å². The molecule has 0 spiro atoms. The fourth-order valence-electron chi connectivity index (χ4n) is 2.87. The highest BCUT2D eigenvalue weighted by Gasteiger charge is 2.25. The molecule has 1 aromatic carbocycles. The maximum absolute atomic E-state index is 12.3. The van der Waals surface area contributed by atoms with Gasteiger partial charge in [-0.3, -0.25) is 4.79 Å². The number of piperidine rings is 1. The lowest BCUT2D eigenvalue weighted by atomic mass is 9.92. The van der Waals surface area contributed by atoms with Crippen molar-refractivity contribution >= 4 is 5.91 Å². The third kappa shape index (κ3) is 4.47. The van der Waals surface area contributed by atoms with Crippen molar-refractivity contribution in [1.82, 2.24) is 4.90 Å². The van der Waals surface area contributed by atoms with Gasteiger partial charge in [0.15, 0.2) is 6.61 Å². The molecule has 1 fully saturated rings. The molecule has 2 unspecified atom stereocenters. The highest BCUT2D eigenvalue weighted by molar-refractivity contribution is 5.77. The van der Waals surface area contributed by atoms with E-state index in [4.69, 9.17) is 10.5 Å². The van der Waals surface area contributed by atoms with Gasteiger partial charge >= 0.3 is 0 Å². The minimum Gasteiger partial charge on any atom is -0.484 e. The second kappa shape index (κ2) is 7.63. The molecule has 0 saturated carbocycles. The molecule has 1 amide bonds. The Kier molecular flexibility index (Phi) is 5.83. The van der Waals surface area contributed by atoms with E-state index in [0.29, 0.717) is 11.8 Å². The van der Waals surface area contributed by atoms with E-state index in [2.05, 4.69) is 19.9 Å². The normalized spacial score (nSPS) is 20.0. The Balaban J connectivity index is 1.88. The molecule has 0 radical (unpaired) electrons. The standard InChI is InChI=1S/C18H28N2O2/c1-13(2)15-6-4-8-17(10-15)22-12-18(21)20-9-5-7-16(11-20)14(3)19/h4,6,8,10,13-14,16H,5,7,9,11-12,19H2,1-3H3. The molecule has 2 atom stereocenters. The van der Waals surface area contributed by atoms with Crippen molar-refractivity contribution in [3.05, 3.63) is 29.8 Å². The van der Waals surface area contributed by atoms with E-state index in [1.165, 1.54) is 5.56 Å². The van der Waals surface area contributed by atoms with Gasteiger partial charge in [-0.15, -0.1) is 0 Å². The van der Waals surface area contributed by atoms with Crippen molar-refractivity contribution in [1.29, 1.82) is 0 Å². The average molecular weight is 304 g/mol. The summed E-state index contributed by atoms with van der Waals surface area (Å²) in [7, 11) is 0. The van der Waals surface area contributed by atoms with Gasteiger partial charge in [-0.25, -0.2) is 0 Å². The Hall–Kier alpha value is -1.55. The number of likely N-dealkylation sites (tertiary alicyclic amines) is 1. The van der Waals surface area contributed by atoms with Crippen LogP contribution in [0.2, 0.25) is 0 Å². The topological polar surface area (TPSA) is 55.6 Å². The lowest BCUT2D eigenvalue weighted by Gasteiger charge is -2.34. The van der Waals surface area contributed by atoms with Crippen LogP contribution in [0, 0.1) is 5.92 Å². The molecule has 1 saturated heterocycles. The zero-order chi connectivity index (χ0) is 16.1. The maximum Gasteiger partial charge on any atom is 0.260 e. The van der Waals surface area contributed by atoms with Crippen LogP contribution in [0.5, 0.6) is 5.75 Å². The predicted molar refractivity (Wildman–Crippen MR) is 89.0 cm³/mol. The SMILES string of the molecule is CC(C)c1cccc(OCC(=O)N2CCCC(C(C)N)C2)c1. The van der Waals surface area contributed by atoms with Crippen LogP contribution in [0.3, 0.4) is 0 Å². The summed E-state index contributed by atoms with van der Waals surface area (Å²) in [5, 5.41) is 0. The summed E-state index contributed by atoms with van der Waals surface area (Å²) in [5.41, 5.74) is 7.19. The highest BCUT2D eigenvalue weighted by Crippen LogP contribution is 2.21. The summed E-state index contributed by atoms with van der Waals surface area (Å²) in [6.45, 7) is 7.99. The summed E-state index contributed by atoms with van der Waals surface area (Å²) in [6.07, 6.45) is 2.14. The first-order valence-corrected chi connectivity index (χ1v) is 8.23. The minimum absolute atomic E-state index is 0.0558. The molecule has 1 heterocycles. The van der Waals surface area contributed by atoms with Crippen LogP contribution in [0.15, 0.2) is 24.3 Å². The van der Waals surface area contributed by atoms with Gasteiger partial charge in [-0.1, -0.05) is 26.0 Å². The summed E-state index contributed by atoms with van der Waals surface area (Å²) in [4.78, 5) is 14.2. The molecule has 1 aliphatic heterocycles. The zero-order valence-electron chi connectivity index (χ0n) is 13.9. The second-order valence-electron chi connectivity index (χ2n) is 6.62. The van der Waals surface area contributed by atoms with Gasteiger partial charge in [0.2, 0.25) is 0 Å². The van der Waals surface area contributed by atoms with Gasteiger partial charge in [0.05, 0.1) is 0 Å². The third-order valence-electron chi connectivity index (χ3n) is 4.44. The molecular formula is C18H28N2O2. The van der Waals surface area contributed by atoms with E-state index in [0.717, 1.165) is 31.7 Å². The molecule has 1 aliphatic rings. The monoisotopic (exact) mass is 304 g/mol. The molecule has 0 aliphatic carbocycles. The molecule has 4 nitrogen and oxygen atoms in total. The summed E-state index contributed by atoms with van der Waals surface area (Å²) in [5.74, 6) is 1.68. The Labute approximate surface area is 133 Å². The number of nitrogens with two attached hydrogens (primary N) is 1. The lowest BCUT2D eigenvalue weighted by Crippen LogP contribution is -2.46. The number of nitrogens with zero attached hydrogens (tertiary/aromatic N) is 1. The number of amides is 1. The molecule has 4 heteroatoms. The number of rotatable bonds is 5. The van der Waals surface area contributed by atoms with E-state index >= 15 is 0 Å². The number of carbonyl (C=O) groups is 1. The lowest BCUT2D eigenvalue weighted by molar-refractivity contribution is -0.135. The van der Waals surface area contributed by atoms with Gasteiger partial charge in [0.1, 0.15) is 5.75 Å². The molecule has 22 heavy (non-hydrogen) atoms. The van der Waals surface area contributed by atoms with Crippen LogP contribution in [0.25, 0.3) is 0 Å². The smallest absolute Gasteiger partial charge is 0.260 e. The van der Waals surface area contributed by atoms with Crippen molar-refractivity contribution < 1.29 is 9.53 Å². The highest BCUT2D eigenvalue weighted by atomic mass is 16.5. The van der Waals surface area contributed by atoms with Gasteiger partial charge in [0.25, 0.3) is 5.91 Å². The van der Waals surface area contributed by atoms with Crippen LogP contribution >= 0.6 is 0 Å². The first kappa shape index (κ1) is 16.8. The molecule has 122 valence electrons. The first-order valence-electron chi connectivity index (χ1n) is 8.23. The third-order valence-corrected chi connectivity index (χ3v) is 4.44. The molecular weight excluding hydrogens is 276 g/mol. The van der Waals surface area contributed by atoms with Crippen LogP contribution < -0.4 is 10.5 Å². The van der Waals surface area contributed by atoms with E-state index in [-0.39, 0.29) is 18.6 Å². The zero-order valence-corrected chi connectivity index (χ0v) is 13.9. The molecule has 0 aromatic heterocycles. The number of hydrogen-bond acceptors (Lipinski definition) is 3. The second-order valence-corrected chi connectivity index (χ2v) is 6.62. The van der Waals surface area contributed by atoms with Crippen molar-refractivity contribution in [3.63, 3.8) is 0 Å². The quantitative estimate of drug-likeness (QED) is 0.910. The van der Waals surface area contributed by atoms with Crippen LogP contribution in [0.1, 0.15) is 45.1 Å². The summed E-state index contributed by atoms with van der Waals surface area (Å²) < 4.78 is 5.69. The Morgan fingerprint density at radius 3 is 2.86 bits per heavy atom.